The molecule has 2 heterocycles. The van der Waals surface area contributed by atoms with Gasteiger partial charge in [-0.05, 0) is 30.4 Å². The summed E-state index contributed by atoms with van der Waals surface area (Å²) >= 11 is 1.59. The molecule has 1 atom stereocenters. The predicted molar refractivity (Wildman–Crippen MR) is 94.8 cm³/mol. The molecule has 1 aromatic heterocycles. The van der Waals surface area contributed by atoms with E-state index in [1.54, 1.807) is 16.2 Å². The molecule has 0 N–H and O–H groups in total. The molecule has 0 saturated heterocycles. The first kappa shape index (κ1) is 17.1. The second kappa shape index (κ2) is 7.15. The standard InChI is InChI=1S/C19H18F2N2O2S/c20-14-6-5-13(16(21)8-14)10-23(19(24)12-3-4-12)11-15-9-17(22-25-15)18-2-1-7-26-18/h1-2,5-8,12,15H,3-4,9-11H2/t15-/m1/s1. The van der Waals surface area contributed by atoms with Crippen molar-refractivity contribution < 1.29 is 18.4 Å². The third-order valence-electron chi connectivity index (χ3n) is 4.58. The minimum absolute atomic E-state index is 0.00176. The van der Waals surface area contributed by atoms with Crippen LogP contribution in [-0.2, 0) is 16.2 Å². The summed E-state index contributed by atoms with van der Waals surface area (Å²) in [6.45, 7) is 0.445. The lowest BCUT2D eigenvalue weighted by Gasteiger charge is -2.25. The summed E-state index contributed by atoms with van der Waals surface area (Å²) < 4.78 is 27.2. The van der Waals surface area contributed by atoms with Crippen LogP contribution >= 0.6 is 11.3 Å². The highest BCUT2D eigenvalue weighted by Crippen LogP contribution is 2.32. The number of halogens is 2. The molecule has 2 aromatic rings. The Bertz CT molecular complexity index is 834. The summed E-state index contributed by atoms with van der Waals surface area (Å²) in [4.78, 5) is 20.8. The van der Waals surface area contributed by atoms with Crippen molar-refractivity contribution in [2.45, 2.75) is 31.9 Å². The molecule has 1 aliphatic carbocycles. The highest BCUT2D eigenvalue weighted by atomic mass is 32.1. The quantitative estimate of drug-likeness (QED) is 0.766. The van der Waals surface area contributed by atoms with E-state index in [4.69, 9.17) is 4.84 Å². The molecule has 7 heteroatoms. The van der Waals surface area contributed by atoms with Gasteiger partial charge in [-0.2, -0.15) is 0 Å². The Kier molecular flexibility index (Phi) is 4.72. The van der Waals surface area contributed by atoms with Crippen molar-refractivity contribution in [3.8, 4) is 0 Å². The molecule has 2 aliphatic rings. The number of benzene rings is 1. The Morgan fingerprint density at radius 2 is 2.15 bits per heavy atom. The van der Waals surface area contributed by atoms with E-state index in [-0.39, 0.29) is 24.5 Å². The normalized spacial score (nSPS) is 19.2. The molecule has 1 aliphatic heterocycles. The fourth-order valence-corrected chi connectivity index (χ4v) is 3.75. The molecule has 1 saturated carbocycles. The van der Waals surface area contributed by atoms with Crippen LogP contribution in [-0.4, -0.2) is 29.2 Å². The van der Waals surface area contributed by atoms with Gasteiger partial charge >= 0.3 is 0 Å². The van der Waals surface area contributed by atoms with E-state index in [9.17, 15) is 13.6 Å². The zero-order valence-electron chi connectivity index (χ0n) is 14.0. The molecule has 1 fully saturated rings. The first-order valence-electron chi connectivity index (χ1n) is 8.59. The molecule has 4 rings (SSSR count). The Hall–Kier alpha value is -2.28. The van der Waals surface area contributed by atoms with Crippen LogP contribution in [0, 0.1) is 17.6 Å². The van der Waals surface area contributed by atoms with Crippen LogP contribution in [0.1, 0.15) is 29.7 Å². The lowest BCUT2D eigenvalue weighted by atomic mass is 10.1. The van der Waals surface area contributed by atoms with Gasteiger partial charge in [0.1, 0.15) is 17.3 Å². The predicted octanol–water partition coefficient (Wildman–Crippen LogP) is 3.96. The number of rotatable bonds is 6. The second-order valence-electron chi connectivity index (χ2n) is 6.68. The van der Waals surface area contributed by atoms with Gasteiger partial charge < -0.3 is 9.74 Å². The molecule has 0 radical (unpaired) electrons. The maximum Gasteiger partial charge on any atom is 0.226 e. The van der Waals surface area contributed by atoms with Gasteiger partial charge in [0.2, 0.25) is 5.91 Å². The first-order chi connectivity index (χ1) is 12.6. The number of oxime groups is 1. The monoisotopic (exact) mass is 376 g/mol. The van der Waals surface area contributed by atoms with Crippen molar-refractivity contribution in [1.29, 1.82) is 0 Å². The van der Waals surface area contributed by atoms with Gasteiger partial charge in [0.05, 0.1) is 11.4 Å². The number of hydrogen-bond donors (Lipinski definition) is 0. The van der Waals surface area contributed by atoms with Gasteiger partial charge in [-0.25, -0.2) is 8.78 Å². The van der Waals surface area contributed by atoms with Crippen LogP contribution in [0.4, 0.5) is 8.78 Å². The number of thiophene rings is 1. The maximum atomic E-state index is 14.0. The lowest BCUT2D eigenvalue weighted by molar-refractivity contribution is -0.135. The molecule has 0 spiro atoms. The average Bonchev–Trinajstić information content (AvgIpc) is 3.12. The van der Waals surface area contributed by atoms with E-state index in [0.29, 0.717) is 18.5 Å². The average molecular weight is 376 g/mol. The molecule has 4 nitrogen and oxygen atoms in total. The third-order valence-corrected chi connectivity index (χ3v) is 5.50. The summed E-state index contributed by atoms with van der Waals surface area (Å²) in [6.07, 6.45) is 2.09. The van der Waals surface area contributed by atoms with Crippen molar-refractivity contribution >= 4 is 23.0 Å². The van der Waals surface area contributed by atoms with Crippen LogP contribution in [0.3, 0.4) is 0 Å². The molecule has 1 amide bonds. The zero-order chi connectivity index (χ0) is 18.1. The maximum absolute atomic E-state index is 14.0. The van der Waals surface area contributed by atoms with Gasteiger partial charge in [-0.3, -0.25) is 4.79 Å². The minimum Gasteiger partial charge on any atom is -0.390 e. The molecule has 136 valence electrons. The smallest absolute Gasteiger partial charge is 0.226 e. The largest absolute Gasteiger partial charge is 0.390 e. The molecular weight excluding hydrogens is 358 g/mol. The summed E-state index contributed by atoms with van der Waals surface area (Å²) in [5.41, 5.74) is 1.18. The van der Waals surface area contributed by atoms with E-state index in [1.165, 1.54) is 12.1 Å². The number of hydrogen-bond acceptors (Lipinski definition) is 4. The number of carbonyl (C=O) groups is 1. The van der Waals surface area contributed by atoms with Crippen LogP contribution in [0.15, 0.2) is 40.9 Å². The number of nitrogens with zero attached hydrogens (tertiary/aromatic N) is 2. The molecule has 26 heavy (non-hydrogen) atoms. The minimum atomic E-state index is -0.638. The van der Waals surface area contributed by atoms with E-state index in [0.717, 1.165) is 29.5 Å². The van der Waals surface area contributed by atoms with Gasteiger partial charge in [-0.15, -0.1) is 11.3 Å². The third kappa shape index (κ3) is 3.77. The molecule has 0 unspecified atom stereocenters. The topological polar surface area (TPSA) is 41.9 Å². The van der Waals surface area contributed by atoms with Crippen LogP contribution < -0.4 is 0 Å². The van der Waals surface area contributed by atoms with Gasteiger partial charge in [-0.1, -0.05) is 17.3 Å². The summed E-state index contributed by atoms with van der Waals surface area (Å²) in [7, 11) is 0. The fourth-order valence-electron chi connectivity index (χ4n) is 3.04. The van der Waals surface area contributed by atoms with Crippen molar-refractivity contribution in [2.75, 3.05) is 6.54 Å². The van der Waals surface area contributed by atoms with Crippen molar-refractivity contribution in [3.63, 3.8) is 0 Å². The van der Waals surface area contributed by atoms with E-state index >= 15 is 0 Å². The molecule has 1 aromatic carbocycles. The van der Waals surface area contributed by atoms with E-state index < -0.39 is 11.6 Å². The number of carbonyl (C=O) groups excluding carboxylic acids is 1. The highest BCUT2D eigenvalue weighted by Gasteiger charge is 2.36. The SMILES string of the molecule is O=C(C1CC1)N(Cc1ccc(F)cc1F)C[C@H]1CC(c2cccs2)=NO1. The molecular formula is C19H18F2N2O2S. The van der Waals surface area contributed by atoms with Crippen LogP contribution in [0.25, 0.3) is 0 Å². The van der Waals surface area contributed by atoms with Crippen molar-refractivity contribution in [2.24, 2.45) is 11.1 Å². The van der Waals surface area contributed by atoms with Gasteiger partial charge in [0.15, 0.2) is 6.10 Å². The fraction of sp³-hybridized carbons (Fsp3) is 0.368. The Balaban J connectivity index is 1.45. The molecule has 0 bridgehead atoms. The Morgan fingerprint density at radius 3 is 2.85 bits per heavy atom. The van der Waals surface area contributed by atoms with Crippen LogP contribution in [0.2, 0.25) is 0 Å². The lowest BCUT2D eigenvalue weighted by Crippen LogP contribution is -2.38. The first-order valence-corrected chi connectivity index (χ1v) is 9.47. The van der Waals surface area contributed by atoms with Gasteiger partial charge in [0.25, 0.3) is 0 Å². The Labute approximate surface area is 154 Å². The second-order valence-corrected chi connectivity index (χ2v) is 7.62. The van der Waals surface area contributed by atoms with Crippen LogP contribution in [0.5, 0.6) is 0 Å². The number of amides is 1. The van der Waals surface area contributed by atoms with Crippen molar-refractivity contribution in [1.82, 2.24) is 4.90 Å². The van der Waals surface area contributed by atoms with E-state index in [1.807, 2.05) is 17.5 Å². The van der Waals surface area contributed by atoms with E-state index in [2.05, 4.69) is 5.16 Å². The summed E-state index contributed by atoms with van der Waals surface area (Å²) in [5, 5.41) is 6.11. The van der Waals surface area contributed by atoms with Crippen molar-refractivity contribution in [3.05, 3.63) is 57.8 Å². The zero-order valence-corrected chi connectivity index (χ0v) is 14.8. The Morgan fingerprint density at radius 1 is 1.31 bits per heavy atom. The van der Waals surface area contributed by atoms with Gasteiger partial charge in [0, 0.05) is 30.5 Å². The summed E-state index contributed by atoms with van der Waals surface area (Å²) in [5.74, 6) is -1.25. The summed E-state index contributed by atoms with van der Waals surface area (Å²) in [6, 6.07) is 7.38. The highest BCUT2D eigenvalue weighted by molar-refractivity contribution is 7.12.